The van der Waals surface area contributed by atoms with Gasteiger partial charge in [-0.25, -0.2) is 0 Å². The molecule has 1 amide bonds. The van der Waals surface area contributed by atoms with E-state index >= 15 is 0 Å². The first-order valence-corrected chi connectivity index (χ1v) is 10.9. The molecule has 1 heterocycles. The maximum absolute atomic E-state index is 12.5. The number of fused-ring (bicyclic) bond motifs is 1. The molecule has 156 valence electrons. The predicted molar refractivity (Wildman–Crippen MR) is 126 cm³/mol. The van der Waals surface area contributed by atoms with Crippen LogP contribution >= 0.6 is 27.5 Å². The molecule has 0 saturated carbocycles. The Morgan fingerprint density at radius 1 is 1.10 bits per heavy atom. The van der Waals surface area contributed by atoms with Crippen molar-refractivity contribution < 1.29 is 9.90 Å². The largest absolute Gasteiger partial charge is 0.493 e. The Morgan fingerprint density at radius 3 is 2.61 bits per heavy atom. The number of hydrogen-bond donors (Lipinski definition) is 1. The second kappa shape index (κ2) is 9.04. The highest BCUT2D eigenvalue weighted by atomic mass is 79.9. The first kappa shape index (κ1) is 21.3. The van der Waals surface area contributed by atoms with E-state index in [4.69, 9.17) is 11.6 Å². The fourth-order valence-corrected chi connectivity index (χ4v) is 4.13. The molecule has 0 radical (unpaired) electrons. The molecule has 5 nitrogen and oxygen atoms in total. The van der Waals surface area contributed by atoms with Gasteiger partial charge in [0.2, 0.25) is 5.88 Å². The second-order valence-corrected chi connectivity index (χ2v) is 8.53. The molecule has 4 aromatic rings. The van der Waals surface area contributed by atoms with Crippen LogP contribution in [0, 0.1) is 6.92 Å². The molecule has 0 fully saturated rings. The number of nitrogens with zero attached hydrogens (tertiary/aromatic N) is 3. The van der Waals surface area contributed by atoms with Crippen molar-refractivity contribution >= 4 is 50.0 Å². The van der Waals surface area contributed by atoms with Crippen molar-refractivity contribution in [3.05, 3.63) is 92.9 Å². The van der Waals surface area contributed by atoms with Gasteiger partial charge in [-0.05, 0) is 54.8 Å². The Hall–Kier alpha value is -2.96. The van der Waals surface area contributed by atoms with Crippen molar-refractivity contribution in [1.82, 2.24) is 4.57 Å². The third-order valence-corrected chi connectivity index (χ3v) is 5.84. The summed E-state index contributed by atoms with van der Waals surface area (Å²) < 4.78 is 2.62. The number of amides is 1. The van der Waals surface area contributed by atoms with Gasteiger partial charge in [0.1, 0.15) is 0 Å². The van der Waals surface area contributed by atoms with Crippen molar-refractivity contribution in [3.8, 4) is 5.88 Å². The molecule has 3 aromatic carbocycles. The number of aromatic hydroxyl groups is 1. The summed E-state index contributed by atoms with van der Waals surface area (Å²) in [4.78, 5) is 12.5. The standard InChI is InChI=1S/C24H19BrClN3O2/c1-15-7-9-18(20(26)13-15)23(30)28-27-22-19-14-17(25)8-10-21(19)29(24(22)31)12-11-16-5-3-2-4-6-16/h2-10,13-14,31H,11-12H2,1H3. The second-order valence-electron chi connectivity index (χ2n) is 7.21. The van der Waals surface area contributed by atoms with Crippen LogP contribution in [0.4, 0.5) is 5.69 Å². The van der Waals surface area contributed by atoms with Crippen LogP contribution < -0.4 is 0 Å². The van der Waals surface area contributed by atoms with Crippen molar-refractivity contribution in [1.29, 1.82) is 0 Å². The smallest absolute Gasteiger partial charge is 0.296 e. The first-order chi connectivity index (χ1) is 14.9. The first-order valence-electron chi connectivity index (χ1n) is 9.71. The highest BCUT2D eigenvalue weighted by Crippen LogP contribution is 2.40. The lowest BCUT2D eigenvalue weighted by molar-refractivity contribution is 0.0995. The molecular formula is C24H19BrClN3O2. The van der Waals surface area contributed by atoms with E-state index in [1.807, 2.05) is 55.5 Å². The number of halogens is 2. The van der Waals surface area contributed by atoms with E-state index < -0.39 is 5.91 Å². The maximum Gasteiger partial charge on any atom is 0.296 e. The predicted octanol–water partition coefficient (Wildman–Crippen LogP) is 7.24. The van der Waals surface area contributed by atoms with Crippen LogP contribution in [0.3, 0.4) is 0 Å². The van der Waals surface area contributed by atoms with Gasteiger partial charge in [-0.15, -0.1) is 10.2 Å². The average molecular weight is 497 g/mol. The van der Waals surface area contributed by atoms with Crippen LogP contribution in [0.5, 0.6) is 5.88 Å². The molecule has 0 aliphatic rings. The zero-order valence-electron chi connectivity index (χ0n) is 16.7. The summed E-state index contributed by atoms with van der Waals surface area (Å²) in [5, 5.41) is 19.9. The highest BCUT2D eigenvalue weighted by Gasteiger charge is 2.18. The van der Waals surface area contributed by atoms with Crippen LogP contribution in [0.15, 0.2) is 81.4 Å². The Balaban J connectivity index is 1.70. The quantitative estimate of drug-likeness (QED) is 0.296. The monoisotopic (exact) mass is 495 g/mol. The molecular weight excluding hydrogens is 478 g/mol. The van der Waals surface area contributed by atoms with Gasteiger partial charge in [-0.2, -0.15) is 0 Å². The molecule has 0 unspecified atom stereocenters. The molecule has 4 rings (SSSR count). The number of azo groups is 1. The van der Waals surface area contributed by atoms with Gasteiger partial charge < -0.3 is 9.67 Å². The van der Waals surface area contributed by atoms with Gasteiger partial charge in [0, 0.05) is 16.4 Å². The van der Waals surface area contributed by atoms with Crippen molar-refractivity contribution in [2.24, 2.45) is 10.2 Å². The number of rotatable bonds is 5. The van der Waals surface area contributed by atoms with Gasteiger partial charge in [-0.1, -0.05) is 63.9 Å². The molecule has 0 atom stereocenters. The summed E-state index contributed by atoms with van der Waals surface area (Å²) in [5.41, 5.74) is 3.44. The van der Waals surface area contributed by atoms with Crippen LogP contribution in [0.1, 0.15) is 21.5 Å². The Morgan fingerprint density at radius 2 is 1.87 bits per heavy atom. The minimum Gasteiger partial charge on any atom is -0.493 e. The molecule has 1 N–H and O–H groups in total. The lowest BCUT2D eigenvalue weighted by atomic mass is 10.1. The van der Waals surface area contributed by atoms with Gasteiger partial charge in [0.15, 0.2) is 5.69 Å². The van der Waals surface area contributed by atoms with E-state index in [2.05, 4.69) is 26.2 Å². The van der Waals surface area contributed by atoms with Crippen molar-refractivity contribution in [2.75, 3.05) is 0 Å². The van der Waals surface area contributed by atoms with Crippen molar-refractivity contribution in [2.45, 2.75) is 19.9 Å². The molecule has 0 saturated heterocycles. The van der Waals surface area contributed by atoms with Gasteiger partial charge >= 0.3 is 0 Å². The number of hydrogen-bond acceptors (Lipinski definition) is 3. The van der Waals surface area contributed by atoms with Crippen molar-refractivity contribution in [3.63, 3.8) is 0 Å². The van der Waals surface area contributed by atoms with E-state index in [-0.39, 0.29) is 17.1 Å². The van der Waals surface area contributed by atoms with Gasteiger partial charge in [0.05, 0.1) is 16.1 Å². The van der Waals surface area contributed by atoms with Crippen LogP contribution in [-0.4, -0.2) is 15.6 Å². The third-order valence-electron chi connectivity index (χ3n) is 5.03. The number of carbonyl (C=O) groups is 1. The van der Waals surface area contributed by atoms with E-state index in [1.165, 1.54) is 0 Å². The minimum absolute atomic E-state index is 0.0319. The molecule has 0 aliphatic heterocycles. The molecule has 0 aliphatic carbocycles. The Kier molecular flexibility index (Phi) is 6.20. The lowest BCUT2D eigenvalue weighted by Gasteiger charge is -2.07. The summed E-state index contributed by atoms with van der Waals surface area (Å²) in [7, 11) is 0. The third kappa shape index (κ3) is 4.55. The Labute approximate surface area is 193 Å². The summed E-state index contributed by atoms with van der Waals surface area (Å²) in [6, 6.07) is 20.8. The molecule has 7 heteroatoms. The summed E-state index contributed by atoms with van der Waals surface area (Å²) in [6.45, 7) is 2.45. The molecule has 0 spiro atoms. The SMILES string of the molecule is Cc1ccc(C(=O)N=Nc2c(O)n(CCc3ccccc3)c3ccc(Br)cc23)c(Cl)c1. The average Bonchev–Trinajstić information content (AvgIpc) is 3.01. The summed E-state index contributed by atoms with van der Waals surface area (Å²) in [5.74, 6) is -0.597. The summed E-state index contributed by atoms with van der Waals surface area (Å²) >= 11 is 9.64. The number of benzene rings is 3. The molecule has 31 heavy (non-hydrogen) atoms. The fourth-order valence-electron chi connectivity index (χ4n) is 3.45. The highest BCUT2D eigenvalue weighted by molar-refractivity contribution is 9.10. The van der Waals surface area contributed by atoms with E-state index in [0.717, 1.165) is 27.5 Å². The van der Waals surface area contributed by atoms with Crippen LogP contribution in [0.25, 0.3) is 10.9 Å². The maximum atomic E-state index is 12.5. The molecule has 1 aromatic heterocycles. The topological polar surface area (TPSA) is 66.9 Å². The zero-order valence-corrected chi connectivity index (χ0v) is 19.1. The molecule has 0 bridgehead atoms. The lowest BCUT2D eigenvalue weighted by Crippen LogP contribution is -2.00. The Bertz CT molecular complexity index is 1300. The van der Waals surface area contributed by atoms with E-state index in [1.54, 1.807) is 22.8 Å². The van der Waals surface area contributed by atoms with Gasteiger partial charge in [-0.3, -0.25) is 4.79 Å². The number of carbonyl (C=O) groups excluding carboxylic acids is 1. The number of aryl methyl sites for hydroxylation is 3. The summed E-state index contributed by atoms with van der Waals surface area (Å²) in [6.07, 6.45) is 0.739. The van der Waals surface area contributed by atoms with E-state index in [0.29, 0.717) is 17.0 Å². The van der Waals surface area contributed by atoms with E-state index in [9.17, 15) is 9.90 Å². The normalized spacial score (nSPS) is 11.5. The van der Waals surface area contributed by atoms with Crippen LogP contribution in [0.2, 0.25) is 5.02 Å². The van der Waals surface area contributed by atoms with Gasteiger partial charge in [0.25, 0.3) is 5.91 Å². The fraction of sp³-hybridized carbons (Fsp3) is 0.125. The zero-order chi connectivity index (χ0) is 22.0. The minimum atomic E-state index is -0.565. The van der Waals surface area contributed by atoms with Crippen LogP contribution in [-0.2, 0) is 13.0 Å². The number of aromatic nitrogens is 1.